The normalized spacial score (nSPS) is 31.4. The summed E-state index contributed by atoms with van der Waals surface area (Å²) in [5, 5.41) is 2.82. The van der Waals surface area contributed by atoms with E-state index in [1.165, 1.54) is 19.3 Å². The SMILES string of the molecule is NCC1CCCCC1NC=O. The summed E-state index contributed by atoms with van der Waals surface area (Å²) in [6.45, 7) is 0.700. The molecule has 1 aliphatic rings. The van der Waals surface area contributed by atoms with Crippen molar-refractivity contribution in [2.24, 2.45) is 11.7 Å². The number of hydrogen-bond acceptors (Lipinski definition) is 2. The molecule has 64 valence electrons. The summed E-state index contributed by atoms with van der Waals surface area (Å²) in [7, 11) is 0. The van der Waals surface area contributed by atoms with Crippen molar-refractivity contribution in [3.63, 3.8) is 0 Å². The number of rotatable bonds is 3. The lowest BCUT2D eigenvalue weighted by Gasteiger charge is -2.29. The molecule has 3 nitrogen and oxygen atoms in total. The fourth-order valence-electron chi connectivity index (χ4n) is 1.80. The van der Waals surface area contributed by atoms with E-state index in [4.69, 9.17) is 5.73 Å². The van der Waals surface area contributed by atoms with Gasteiger partial charge in [0.15, 0.2) is 0 Å². The Labute approximate surface area is 67.3 Å². The first-order valence-electron chi connectivity index (χ1n) is 4.28. The zero-order valence-corrected chi connectivity index (χ0v) is 6.75. The van der Waals surface area contributed by atoms with Gasteiger partial charge in [0, 0.05) is 6.04 Å². The summed E-state index contributed by atoms with van der Waals surface area (Å²) in [5.41, 5.74) is 5.57. The molecule has 2 atom stereocenters. The second kappa shape index (κ2) is 4.34. The Hall–Kier alpha value is -0.570. The molecule has 0 heterocycles. The summed E-state index contributed by atoms with van der Waals surface area (Å²) in [6, 6.07) is 0.339. The predicted octanol–water partition coefficient (Wildman–Crippen LogP) is 0.250. The Kier molecular flexibility index (Phi) is 3.36. The molecule has 0 aromatic heterocycles. The van der Waals surface area contributed by atoms with Crippen molar-refractivity contribution in [1.82, 2.24) is 5.32 Å². The van der Waals surface area contributed by atoms with E-state index in [1.54, 1.807) is 0 Å². The van der Waals surface area contributed by atoms with E-state index < -0.39 is 0 Å². The van der Waals surface area contributed by atoms with Crippen LogP contribution in [0.4, 0.5) is 0 Å². The van der Waals surface area contributed by atoms with Gasteiger partial charge < -0.3 is 11.1 Å². The molecule has 3 N–H and O–H groups in total. The number of amides is 1. The zero-order valence-electron chi connectivity index (χ0n) is 6.75. The van der Waals surface area contributed by atoms with Crippen LogP contribution in [0.1, 0.15) is 25.7 Å². The largest absolute Gasteiger partial charge is 0.356 e. The van der Waals surface area contributed by atoms with Crippen LogP contribution in [0.15, 0.2) is 0 Å². The van der Waals surface area contributed by atoms with Crippen molar-refractivity contribution in [2.45, 2.75) is 31.7 Å². The number of carbonyl (C=O) groups is 1. The van der Waals surface area contributed by atoms with Gasteiger partial charge in [0.1, 0.15) is 0 Å². The first kappa shape index (κ1) is 8.53. The highest BCUT2D eigenvalue weighted by molar-refractivity contribution is 5.46. The average molecular weight is 156 g/mol. The van der Waals surface area contributed by atoms with Gasteiger partial charge >= 0.3 is 0 Å². The zero-order chi connectivity index (χ0) is 8.10. The Balaban J connectivity index is 2.37. The fourth-order valence-corrected chi connectivity index (χ4v) is 1.80. The molecule has 1 aliphatic carbocycles. The van der Waals surface area contributed by atoms with E-state index in [1.807, 2.05) is 0 Å². The Morgan fingerprint density at radius 1 is 1.45 bits per heavy atom. The van der Waals surface area contributed by atoms with Gasteiger partial charge in [0.2, 0.25) is 6.41 Å². The van der Waals surface area contributed by atoms with Crippen LogP contribution in [-0.4, -0.2) is 19.0 Å². The van der Waals surface area contributed by atoms with Gasteiger partial charge in [-0.2, -0.15) is 0 Å². The quantitative estimate of drug-likeness (QED) is 0.575. The van der Waals surface area contributed by atoms with Crippen molar-refractivity contribution in [1.29, 1.82) is 0 Å². The molecule has 0 aromatic rings. The van der Waals surface area contributed by atoms with Crippen molar-refractivity contribution in [3.05, 3.63) is 0 Å². The van der Waals surface area contributed by atoms with Gasteiger partial charge in [0.25, 0.3) is 0 Å². The van der Waals surface area contributed by atoms with Gasteiger partial charge in [-0.25, -0.2) is 0 Å². The van der Waals surface area contributed by atoms with E-state index in [-0.39, 0.29) is 0 Å². The standard InChI is InChI=1S/C8H16N2O/c9-5-7-3-1-2-4-8(7)10-6-11/h6-8H,1-5,9H2,(H,10,11). The van der Waals surface area contributed by atoms with Crippen molar-refractivity contribution >= 4 is 6.41 Å². The molecule has 1 fully saturated rings. The number of hydrogen-bond donors (Lipinski definition) is 2. The van der Waals surface area contributed by atoms with E-state index in [9.17, 15) is 4.79 Å². The maximum atomic E-state index is 10.2. The minimum absolute atomic E-state index is 0.339. The maximum Gasteiger partial charge on any atom is 0.207 e. The minimum atomic E-state index is 0.339. The summed E-state index contributed by atoms with van der Waals surface area (Å²) in [5.74, 6) is 0.508. The van der Waals surface area contributed by atoms with Crippen LogP contribution in [0.25, 0.3) is 0 Å². The highest BCUT2D eigenvalue weighted by Gasteiger charge is 2.22. The van der Waals surface area contributed by atoms with Crippen LogP contribution in [0.2, 0.25) is 0 Å². The lowest BCUT2D eigenvalue weighted by atomic mass is 9.85. The topological polar surface area (TPSA) is 55.1 Å². The highest BCUT2D eigenvalue weighted by atomic mass is 16.1. The average Bonchev–Trinajstić information content (AvgIpc) is 2.06. The smallest absolute Gasteiger partial charge is 0.207 e. The van der Waals surface area contributed by atoms with Gasteiger partial charge in [-0.1, -0.05) is 12.8 Å². The highest BCUT2D eigenvalue weighted by Crippen LogP contribution is 2.22. The lowest BCUT2D eigenvalue weighted by Crippen LogP contribution is -2.41. The van der Waals surface area contributed by atoms with Crippen molar-refractivity contribution in [2.75, 3.05) is 6.54 Å². The molecule has 0 spiro atoms. The molecule has 2 unspecified atom stereocenters. The van der Waals surface area contributed by atoms with Crippen molar-refractivity contribution in [3.8, 4) is 0 Å². The summed E-state index contributed by atoms with van der Waals surface area (Å²) >= 11 is 0. The van der Waals surface area contributed by atoms with Gasteiger partial charge in [-0.15, -0.1) is 0 Å². The first-order chi connectivity index (χ1) is 5.38. The van der Waals surface area contributed by atoms with Gasteiger partial charge in [-0.3, -0.25) is 4.79 Å². The van der Waals surface area contributed by atoms with Crippen molar-refractivity contribution < 1.29 is 4.79 Å². The summed E-state index contributed by atoms with van der Waals surface area (Å²) in [6.07, 6.45) is 5.54. The third-order valence-corrected chi connectivity index (χ3v) is 2.49. The van der Waals surface area contributed by atoms with Crippen LogP contribution < -0.4 is 11.1 Å². The van der Waals surface area contributed by atoms with Gasteiger partial charge in [-0.05, 0) is 25.3 Å². The molecule has 0 aliphatic heterocycles. The molecule has 3 heteroatoms. The van der Waals surface area contributed by atoms with Crippen LogP contribution >= 0.6 is 0 Å². The molecule has 1 saturated carbocycles. The molecule has 0 saturated heterocycles. The van der Waals surface area contributed by atoms with E-state index in [0.29, 0.717) is 18.5 Å². The summed E-state index contributed by atoms with van der Waals surface area (Å²) < 4.78 is 0. The van der Waals surface area contributed by atoms with Crippen LogP contribution in [0.3, 0.4) is 0 Å². The van der Waals surface area contributed by atoms with Crippen LogP contribution in [0.5, 0.6) is 0 Å². The molecule has 0 aromatic carbocycles. The molecule has 1 amide bonds. The van der Waals surface area contributed by atoms with Gasteiger partial charge in [0.05, 0.1) is 0 Å². The first-order valence-corrected chi connectivity index (χ1v) is 4.28. The Bertz CT molecular complexity index is 127. The molecular formula is C8H16N2O. The van der Waals surface area contributed by atoms with Crippen LogP contribution in [-0.2, 0) is 4.79 Å². The Morgan fingerprint density at radius 2 is 2.18 bits per heavy atom. The van der Waals surface area contributed by atoms with Crippen LogP contribution in [0, 0.1) is 5.92 Å². The predicted molar refractivity (Wildman–Crippen MR) is 44.0 cm³/mol. The monoisotopic (exact) mass is 156 g/mol. The third kappa shape index (κ3) is 2.19. The molecule has 1 rings (SSSR count). The molecule has 0 bridgehead atoms. The molecule has 0 radical (unpaired) electrons. The van der Waals surface area contributed by atoms with E-state index in [0.717, 1.165) is 12.8 Å². The van der Waals surface area contributed by atoms with E-state index in [2.05, 4.69) is 5.32 Å². The molecule has 11 heavy (non-hydrogen) atoms. The third-order valence-electron chi connectivity index (χ3n) is 2.49. The molecular weight excluding hydrogens is 140 g/mol. The lowest BCUT2D eigenvalue weighted by molar-refractivity contribution is -0.110. The second-order valence-electron chi connectivity index (χ2n) is 3.17. The number of carbonyl (C=O) groups excluding carboxylic acids is 1. The maximum absolute atomic E-state index is 10.2. The van der Waals surface area contributed by atoms with E-state index >= 15 is 0 Å². The minimum Gasteiger partial charge on any atom is -0.356 e. The summed E-state index contributed by atoms with van der Waals surface area (Å²) in [4.78, 5) is 10.2. The number of nitrogens with two attached hydrogens (primary N) is 1. The fraction of sp³-hybridized carbons (Fsp3) is 0.875. The Morgan fingerprint density at radius 3 is 2.82 bits per heavy atom. The number of nitrogens with one attached hydrogen (secondary N) is 1. The second-order valence-corrected chi connectivity index (χ2v) is 3.17.